The molecule has 8 heteroatoms. The maximum absolute atomic E-state index is 11.7. The van der Waals surface area contributed by atoms with Gasteiger partial charge in [-0.1, -0.05) is 29.8 Å². The van der Waals surface area contributed by atoms with Gasteiger partial charge < -0.3 is 10.1 Å². The Kier molecular flexibility index (Phi) is 5.32. The van der Waals surface area contributed by atoms with Crippen LogP contribution >= 0.6 is 11.6 Å². The molecule has 1 heterocycles. The van der Waals surface area contributed by atoms with E-state index in [9.17, 15) is 8.42 Å². The Balaban J connectivity index is 1.73. The number of anilines is 2. The second kappa shape index (κ2) is 7.93. The van der Waals surface area contributed by atoms with Gasteiger partial charge in [-0.15, -0.1) is 0 Å². The van der Waals surface area contributed by atoms with Crippen molar-refractivity contribution in [3.63, 3.8) is 0 Å². The Labute approximate surface area is 179 Å². The van der Waals surface area contributed by atoms with Crippen LogP contribution in [-0.2, 0) is 9.84 Å². The first-order valence-corrected chi connectivity index (χ1v) is 11.3. The van der Waals surface area contributed by atoms with Crippen molar-refractivity contribution in [3.8, 4) is 16.9 Å². The number of benzene rings is 3. The molecule has 1 aromatic heterocycles. The first kappa shape index (κ1) is 20.1. The molecular weight excluding hydrogens is 422 g/mol. The van der Waals surface area contributed by atoms with E-state index in [0.29, 0.717) is 16.6 Å². The van der Waals surface area contributed by atoms with E-state index in [0.717, 1.165) is 27.7 Å². The third-order valence-corrected chi connectivity index (χ3v) is 6.09. The molecule has 0 fully saturated rings. The fraction of sp³-hybridized carbons (Fsp3) is 0.0909. The summed E-state index contributed by atoms with van der Waals surface area (Å²) in [4.78, 5) is 9.00. The van der Waals surface area contributed by atoms with Crippen molar-refractivity contribution in [1.82, 2.24) is 9.97 Å². The van der Waals surface area contributed by atoms with Gasteiger partial charge in [0.2, 0.25) is 0 Å². The first-order valence-electron chi connectivity index (χ1n) is 9.01. The predicted octanol–water partition coefficient (Wildman–Crippen LogP) is 5.11. The van der Waals surface area contributed by atoms with Crippen LogP contribution in [0.25, 0.3) is 22.0 Å². The summed E-state index contributed by atoms with van der Waals surface area (Å²) < 4.78 is 28.6. The number of sulfone groups is 1. The number of hydrogen-bond donors (Lipinski definition) is 1. The Morgan fingerprint density at radius 1 is 0.933 bits per heavy atom. The molecule has 152 valence electrons. The molecule has 0 unspecified atom stereocenters. The highest BCUT2D eigenvalue weighted by Crippen LogP contribution is 2.32. The molecule has 0 aliphatic rings. The van der Waals surface area contributed by atoms with Gasteiger partial charge in [0.05, 0.1) is 22.5 Å². The van der Waals surface area contributed by atoms with E-state index in [1.54, 1.807) is 43.5 Å². The van der Waals surface area contributed by atoms with Crippen LogP contribution in [0.1, 0.15) is 0 Å². The molecule has 6 nitrogen and oxygen atoms in total. The molecule has 0 bridgehead atoms. The summed E-state index contributed by atoms with van der Waals surface area (Å²) >= 11 is 6.22. The number of aromatic nitrogens is 2. The lowest BCUT2D eigenvalue weighted by Gasteiger charge is -2.11. The quantitative estimate of drug-likeness (QED) is 0.465. The summed E-state index contributed by atoms with van der Waals surface area (Å²) in [7, 11) is -1.67. The summed E-state index contributed by atoms with van der Waals surface area (Å²) in [5.41, 5.74) is 3.37. The zero-order valence-corrected chi connectivity index (χ0v) is 17.8. The van der Waals surface area contributed by atoms with Crippen LogP contribution in [0, 0.1) is 0 Å². The highest BCUT2D eigenvalue weighted by molar-refractivity contribution is 7.90. The number of ether oxygens (including phenoxy) is 1. The van der Waals surface area contributed by atoms with Gasteiger partial charge in [-0.2, -0.15) is 0 Å². The average molecular weight is 440 g/mol. The van der Waals surface area contributed by atoms with Crippen molar-refractivity contribution in [3.05, 3.63) is 72.0 Å². The topological polar surface area (TPSA) is 81.2 Å². The second-order valence-corrected chi connectivity index (χ2v) is 9.15. The first-order chi connectivity index (χ1) is 14.3. The lowest BCUT2D eigenvalue weighted by molar-refractivity contribution is 0.415. The van der Waals surface area contributed by atoms with Crippen LogP contribution in [0.4, 0.5) is 11.5 Å². The molecule has 0 amide bonds. The Morgan fingerprint density at radius 2 is 1.67 bits per heavy atom. The Hall–Kier alpha value is -3.16. The minimum absolute atomic E-state index is 0.286. The van der Waals surface area contributed by atoms with Gasteiger partial charge >= 0.3 is 0 Å². The molecule has 0 atom stereocenters. The Bertz CT molecular complexity index is 1340. The van der Waals surface area contributed by atoms with E-state index < -0.39 is 9.84 Å². The minimum Gasteiger partial charge on any atom is -0.495 e. The third kappa shape index (κ3) is 4.08. The normalized spacial score (nSPS) is 11.4. The summed E-state index contributed by atoms with van der Waals surface area (Å²) in [6.07, 6.45) is 2.69. The smallest absolute Gasteiger partial charge is 0.175 e. The third-order valence-electron chi connectivity index (χ3n) is 4.67. The maximum atomic E-state index is 11.7. The minimum atomic E-state index is -3.24. The number of halogens is 1. The van der Waals surface area contributed by atoms with E-state index >= 15 is 0 Å². The molecule has 3 aromatic carbocycles. The molecule has 4 rings (SSSR count). The summed E-state index contributed by atoms with van der Waals surface area (Å²) in [5, 5.41) is 4.60. The highest BCUT2D eigenvalue weighted by atomic mass is 35.5. The van der Waals surface area contributed by atoms with E-state index in [-0.39, 0.29) is 4.90 Å². The summed E-state index contributed by atoms with van der Waals surface area (Å²) in [6.45, 7) is 0. The van der Waals surface area contributed by atoms with Crippen molar-refractivity contribution in [1.29, 1.82) is 0 Å². The maximum Gasteiger partial charge on any atom is 0.175 e. The number of fused-ring (bicyclic) bond motifs is 1. The molecule has 0 radical (unpaired) electrons. The van der Waals surface area contributed by atoms with E-state index in [1.807, 2.05) is 24.3 Å². The van der Waals surface area contributed by atoms with Gasteiger partial charge in [-0.3, -0.25) is 0 Å². The predicted molar refractivity (Wildman–Crippen MR) is 119 cm³/mol. The molecule has 0 saturated heterocycles. The van der Waals surface area contributed by atoms with Gasteiger partial charge in [0.15, 0.2) is 9.84 Å². The van der Waals surface area contributed by atoms with Gasteiger partial charge in [0.25, 0.3) is 0 Å². The molecule has 1 N–H and O–H groups in total. The van der Waals surface area contributed by atoms with Crippen molar-refractivity contribution < 1.29 is 13.2 Å². The summed E-state index contributed by atoms with van der Waals surface area (Å²) in [5.74, 6) is 1.23. The fourth-order valence-electron chi connectivity index (χ4n) is 3.11. The largest absolute Gasteiger partial charge is 0.495 e. The number of rotatable bonds is 5. The van der Waals surface area contributed by atoms with Crippen LogP contribution < -0.4 is 10.1 Å². The number of hydrogen-bond acceptors (Lipinski definition) is 6. The zero-order chi connectivity index (χ0) is 21.3. The Morgan fingerprint density at radius 3 is 2.33 bits per heavy atom. The zero-order valence-electron chi connectivity index (χ0n) is 16.3. The average Bonchev–Trinajstić information content (AvgIpc) is 2.73. The standard InChI is InChI=1S/C22H18ClN3O3S/c1-29-21-10-6-16(12-19(21)23)26-22-18-11-15(5-9-20(18)24-13-25-22)14-3-7-17(8-4-14)30(2,27)28/h3-13H,1-2H3,(H,24,25,26). The monoisotopic (exact) mass is 439 g/mol. The molecular formula is C22H18ClN3O3S. The van der Waals surface area contributed by atoms with Gasteiger partial charge in [-0.25, -0.2) is 18.4 Å². The van der Waals surface area contributed by atoms with Crippen LogP contribution in [0.5, 0.6) is 5.75 Å². The second-order valence-electron chi connectivity index (χ2n) is 6.73. The lowest BCUT2D eigenvalue weighted by atomic mass is 10.0. The van der Waals surface area contributed by atoms with Gasteiger partial charge in [-0.05, 0) is 53.6 Å². The van der Waals surface area contributed by atoms with Crippen molar-refractivity contribution in [2.45, 2.75) is 4.90 Å². The molecule has 0 spiro atoms. The van der Waals surface area contributed by atoms with Crippen LogP contribution in [0.3, 0.4) is 0 Å². The van der Waals surface area contributed by atoms with Crippen LogP contribution in [-0.4, -0.2) is 31.8 Å². The van der Waals surface area contributed by atoms with Gasteiger partial charge in [0.1, 0.15) is 17.9 Å². The fourth-order valence-corrected chi connectivity index (χ4v) is 4.00. The van der Waals surface area contributed by atoms with E-state index in [2.05, 4.69) is 15.3 Å². The molecule has 4 aromatic rings. The van der Waals surface area contributed by atoms with Crippen molar-refractivity contribution in [2.24, 2.45) is 0 Å². The summed E-state index contributed by atoms with van der Waals surface area (Å²) in [6, 6.07) is 18.0. The number of methoxy groups -OCH3 is 1. The molecule has 30 heavy (non-hydrogen) atoms. The highest BCUT2D eigenvalue weighted by Gasteiger charge is 2.10. The van der Waals surface area contributed by atoms with E-state index in [4.69, 9.17) is 16.3 Å². The molecule has 0 aliphatic heterocycles. The van der Waals surface area contributed by atoms with Crippen LogP contribution in [0.15, 0.2) is 71.9 Å². The van der Waals surface area contributed by atoms with Gasteiger partial charge in [0, 0.05) is 17.3 Å². The lowest BCUT2D eigenvalue weighted by Crippen LogP contribution is -1.97. The molecule has 0 aliphatic carbocycles. The SMILES string of the molecule is COc1ccc(Nc2ncnc3ccc(-c4ccc(S(C)(=O)=O)cc4)cc23)cc1Cl. The number of nitrogens with one attached hydrogen (secondary N) is 1. The number of nitrogens with zero attached hydrogens (tertiary/aromatic N) is 2. The van der Waals surface area contributed by atoms with Crippen LogP contribution in [0.2, 0.25) is 5.02 Å². The van der Waals surface area contributed by atoms with Crippen molar-refractivity contribution in [2.75, 3.05) is 18.7 Å². The molecule has 0 saturated carbocycles. The van der Waals surface area contributed by atoms with Crippen molar-refractivity contribution >= 4 is 43.8 Å². The van der Waals surface area contributed by atoms with E-state index in [1.165, 1.54) is 12.6 Å².